The molecule has 0 atom stereocenters. The lowest BCUT2D eigenvalue weighted by Crippen LogP contribution is -2.45. The fourth-order valence-electron chi connectivity index (χ4n) is 3.78. The predicted octanol–water partition coefficient (Wildman–Crippen LogP) is 4.24. The molecule has 0 aliphatic heterocycles. The van der Waals surface area contributed by atoms with Crippen molar-refractivity contribution in [2.75, 3.05) is 0 Å². The number of carbonyl (C=O) groups is 1. The summed E-state index contributed by atoms with van der Waals surface area (Å²) in [6, 6.07) is 0. The Hall–Kier alpha value is -0.790. The summed E-state index contributed by atoms with van der Waals surface area (Å²) in [5.74, 6) is 0.920. The van der Waals surface area contributed by atoms with Gasteiger partial charge >= 0.3 is 5.97 Å². The molecule has 0 unspecified atom stereocenters. The number of hydrogen-bond donors (Lipinski definition) is 0. The molecule has 0 radical (unpaired) electrons. The highest BCUT2D eigenvalue weighted by molar-refractivity contribution is 5.87. The van der Waals surface area contributed by atoms with Gasteiger partial charge in [0.05, 0.1) is 0 Å². The summed E-state index contributed by atoms with van der Waals surface area (Å²) in [5.41, 5.74) is 0.278. The van der Waals surface area contributed by atoms with E-state index in [9.17, 15) is 4.79 Å². The molecule has 0 aromatic heterocycles. The van der Waals surface area contributed by atoms with Gasteiger partial charge in [-0.05, 0) is 51.4 Å². The first kappa shape index (κ1) is 13.6. The van der Waals surface area contributed by atoms with Crippen LogP contribution in [0.4, 0.5) is 0 Å². The predicted molar refractivity (Wildman–Crippen MR) is 73.2 cm³/mol. The first-order valence-corrected chi connectivity index (χ1v) is 7.43. The van der Waals surface area contributed by atoms with E-state index in [2.05, 4.69) is 13.5 Å². The molecule has 2 aliphatic carbocycles. The van der Waals surface area contributed by atoms with Crippen LogP contribution in [0.2, 0.25) is 0 Å². The summed E-state index contributed by atoms with van der Waals surface area (Å²) < 4.78 is 5.93. The van der Waals surface area contributed by atoms with Crippen LogP contribution in [0.1, 0.15) is 65.2 Å². The van der Waals surface area contributed by atoms with E-state index in [1.54, 1.807) is 6.92 Å². The molecule has 0 N–H and O–H groups in total. The van der Waals surface area contributed by atoms with Crippen molar-refractivity contribution in [3.8, 4) is 0 Å². The Morgan fingerprint density at radius 2 is 1.44 bits per heavy atom. The summed E-state index contributed by atoms with van der Waals surface area (Å²) in [4.78, 5) is 12.0. The molecule has 102 valence electrons. The molecule has 0 heterocycles. The van der Waals surface area contributed by atoms with Gasteiger partial charge in [0, 0.05) is 5.57 Å². The van der Waals surface area contributed by atoms with E-state index < -0.39 is 0 Å². The third-order valence-electron chi connectivity index (χ3n) is 4.99. The molecule has 0 spiro atoms. The van der Waals surface area contributed by atoms with E-state index in [0.29, 0.717) is 17.4 Å². The molecule has 0 aromatic rings. The minimum atomic E-state index is -0.247. The largest absolute Gasteiger partial charge is 0.455 e. The highest BCUT2D eigenvalue weighted by Crippen LogP contribution is 2.46. The van der Waals surface area contributed by atoms with Crippen LogP contribution in [0.5, 0.6) is 0 Å². The maximum Gasteiger partial charge on any atom is 0.333 e. The topological polar surface area (TPSA) is 26.3 Å². The average Bonchev–Trinajstić information content (AvgIpc) is 3.02. The SMILES string of the molecule is C=C(C)C(=O)OC(C)(C1CCCC1)C1CCCC1. The molecule has 2 aliphatic rings. The lowest BCUT2D eigenvalue weighted by molar-refractivity contribution is -0.167. The smallest absolute Gasteiger partial charge is 0.333 e. The molecule has 2 heteroatoms. The standard InChI is InChI=1S/C16H26O2/c1-12(2)15(17)18-16(3,13-8-4-5-9-13)14-10-6-7-11-14/h13-14H,1,4-11H2,2-3H3. The summed E-state index contributed by atoms with van der Waals surface area (Å²) in [6.45, 7) is 7.64. The number of ether oxygens (including phenoxy) is 1. The number of hydrogen-bond acceptors (Lipinski definition) is 2. The Balaban J connectivity index is 2.15. The van der Waals surface area contributed by atoms with Crippen LogP contribution in [0.15, 0.2) is 12.2 Å². The molecule has 0 amide bonds. The van der Waals surface area contributed by atoms with Gasteiger partial charge in [-0.3, -0.25) is 0 Å². The van der Waals surface area contributed by atoms with E-state index in [1.807, 2.05) is 0 Å². The van der Waals surface area contributed by atoms with Crippen LogP contribution in [0.25, 0.3) is 0 Å². The van der Waals surface area contributed by atoms with E-state index in [0.717, 1.165) is 0 Å². The Labute approximate surface area is 111 Å². The second-order valence-corrected chi connectivity index (χ2v) is 6.32. The van der Waals surface area contributed by atoms with Crippen molar-refractivity contribution in [3.05, 3.63) is 12.2 Å². The van der Waals surface area contributed by atoms with Crippen molar-refractivity contribution in [1.29, 1.82) is 0 Å². The highest BCUT2D eigenvalue weighted by atomic mass is 16.6. The van der Waals surface area contributed by atoms with E-state index in [4.69, 9.17) is 4.74 Å². The summed E-state index contributed by atoms with van der Waals surface area (Å²) in [7, 11) is 0. The van der Waals surface area contributed by atoms with Gasteiger partial charge in [0.25, 0.3) is 0 Å². The Morgan fingerprint density at radius 1 is 1.06 bits per heavy atom. The third kappa shape index (κ3) is 2.62. The zero-order valence-electron chi connectivity index (χ0n) is 11.8. The number of esters is 1. The number of rotatable bonds is 4. The molecule has 0 saturated heterocycles. The van der Waals surface area contributed by atoms with Crippen molar-refractivity contribution in [2.24, 2.45) is 11.8 Å². The fraction of sp³-hybridized carbons (Fsp3) is 0.812. The third-order valence-corrected chi connectivity index (χ3v) is 4.99. The quantitative estimate of drug-likeness (QED) is 0.551. The van der Waals surface area contributed by atoms with Gasteiger partial charge in [-0.25, -0.2) is 4.79 Å². The molecular weight excluding hydrogens is 224 g/mol. The molecule has 18 heavy (non-hydrogen) atoms. The van der Waals surface area contributed by atoms with Gasteiger partial charge in [-0.15, -0.1) is 0 Å². The Bertz CT molecular complexity index is 304. The van der Waals surface area contributed by atoms with Gasteiger partial charge in [0.1, 0.15) is 5.60 Å². The summed E-state index contributed by atoms with van der Waals surface area (Å²) in [5, 5.41) is 0. The first-order chi connectivity index (χ1) is 8.54. The van der Waals surface area contributed by atoms with Crippen molar-refractivity contribution in [3.63, 3.8) is 0 Å². The Kier molecular flexibility index (Phi) is 4.14. The molecule has 2 nitrogen and oxygen atoms in total. The zero-order valence-corrected chi connectivity index (χ0v) is 11.8. The Morgan fingerprint density at radius 3 is 1.78 bits per heavy atom. The molecule has 2 fully saturated rings. The molecule has 0 bridgehead atoms. The van der Waals surface area contributed by atoms with E-state index in [1.165, 1.54) is 51.4 Å². The fourth-order valence-corrected chi connectivity index (χ4v) is 3.78. The zero-order chi connectivity index (χ0) is 13.2. The first-order valence-electron chi connectivity index (χ1n) is 7.43. The lowest BCUT2D eigenvalue weighted by Gasteiger charge is -2.40. The summed E-state index contributed by atoms with van der Waals surface area (Å²) >= 11 is 0. The van der Waals surface area contributed by atoms with Crippen molar-refractivity contribution >= 4 is 5.97 Å². The number of carbonyl (C=O) groups excluding carboxylic acids is 1. The van der Waals surface area contributed by atoms with Gasteiger partial charge in [0.15, 0.2) is 0 Å². The summed E-state index contributed by atoms with van der Waals surface area (Å²) in [6.07, 6.45) is 10.0. The molecule has 2 saturated carbocycles. The van der Waals surface area contributed by atoms with Crippen molar-refractivity contribution in [1.82, 2.24) is 0 Å². The minimum absolute atomic E-state index is 0.198. The van der Waals surface area contributed by atoms with E-state index >= 15 is 0 Å². The maximum absolute atomic E-state index is 12.0. The van der Waals surface area contributed by atoms with Crippen LogP contribution < -0.4 is 0 Å². The minimum Gasteiger partial charge on any atom is -0.455 e. The average molecular weight is 250 g/mol. The monoisotopic (exact) mass is 250 g/mol. The molecular formula is C16H26O2. The molecule has 2 rings (SSSR count). The maximum atomic E-state index is 12.0. The van der Waals surface area contributed by atoms with Crippen molar-refractivity contribution in [2.45, 2.75) is 70.8 Å². The lowest BCUT2D eigenvalue weighted by atomic mass is 9.76. The normalized spacial score (nSPS) is 22.3. The van der Waals surface area contributed by atoms with Gasteiger partial charge in [0.2, 0.25) is 0 Å². The molecule has 0 aromatic carbocycles. The van der Waals surface area contributed by atoms with Gasteiger partial charge in [-0.1, -0.05) is 32.3 Å². The van der Waals surface area contributed by atoms with Crippen LogP contribution in [-0.2, 0) is 9.53 Å². The second kappa shape index (κ2) is 5.46. The van der Waals surface area contributed by atoms with Crippen LogP contribution >= 0.6 is 0 Å². The van der Waals surface area contributed by atoms with Crippen LogP contribution in [-0.4, -0.2) is 11.6 Å². The highest BCUT2D eigenvalue weighted by Gasteiger charge is 2.46. The van der Waals surface area contributed by atoms with Crippen LogP contribution in [0.3, 0.4) is 0 Å². The second-order valence-electron chi connectivity index (χ2n) is 6.32. The van der Waals surface area contributed by atoms with Gasteiger partial charge in [-0.2, -0.15) is 0 Å². The van der Waals surface area contributed by atoms with E-state index in [-0.39, 0.29) is 11.6 Å². The van der Waals surface area contributed by atoms with Crippen LogP contribution in [0, 0.1) is 11.8 Å². The van der Waals surface area contributed by atoms with Gasteiger partial charge < -0.3 is 4.74 Å². The van der Waals surface area contributed by atoms with Crippen molar-refractivity contribution < 1.29 is 9.53 Å².